The predicted octanol–water partition coefficient (Wildman–Crippen LogP) is 10.1. The number of hydrogen-bond acceptors (Lipinski definition) is 34. The second-order valence-electron chi connectivity index (χ2n) is 21.3. The summed E-state index contributed by atoms with van der Waals surface area (Å²) in [6, 6.07) is 26.6. The van der Waals surface area contributed by atoms with E-state index in [1.54, 1.807) is 0 Å². The SMILES string of the molecule is CCCOc1ncc(C(=O)OC)cc1N.CCCOc1ncc(C(=O)OC)cc1[N+](=O)[O-].CCCOc1ncc(C(=O)OCCOCc2ccccc2)cc1N.CCCOc1ncc(C(=O)OCCOCc2ccccc2)cc1[N+](=O)[O-].COC(=O)c1cnc(Cl)c([N+](=O)[O-])c1.O=C(O)c1cnc(OCCO)c(O)c1. The zero-order valence-corrected chi connectivity index (χ0v) is 61.5. The Bertz CT molecular complexity index is 4270. The van der Waals surface area contributed by atoms with Gasteiger partial charge in [0.2, 0.25) is 16.9 Å². The summed E-state index contributed by atoms with van der Waals surface area (Å²) in [4.78, 5) is 121. The van der Waals surface area contributed by atoms with Crippen LogP contribution in [0.2, 0.25) is 5.15 Å². The highest BCUT2D eigenvalue weighted by molar-refractivity contribution is 6.31. The van der Waals surface area contributed by atoms with Gasteiger partial charge in [-0.2, -0.15) is 0 Å². The molecule has 0 amide bonds. The Kier molecular flexibility index (Phi) is 42.4. The van der Waals surface area contributed by atoms with Crippen molar-refractivity contribution in [3.63, 3.8) is 0 Å². The van der Waals surface area contributed by atoms with Crippen molar-refractivity contribution in [2.45, 2.75) is 66.6 Å². The summed E-state index contributed by atoms with van der Waals surface area (Å²) < 4.78 is 60.2. The third-order valence-electron chi connectivity index (χ3n) is 12.9. The van der Waals surface area contributed by atoms with Gasteiger partial charge < -0.3 is 83.6 Å². The van der Waals surface area contributed by atoms with Crippen LogP contribution < -0.4 is 35.2 Å². The number of methoxy groups -OCH3 is 3. The number of pyridine rings is 6. The van der Waals surface area contributed by atoms with Crippen LogP contribution in [0, 0.1) is 30.3 Å². The number of carbonyl (C=O) groups is 6. The van der Waals surface area contributed by atoms with E-state index in [1.807, 2.05) is 88.4 Å². The summed E-state index contributed by atoms with van der Waals surface area (Å²) in [5.41, 5.74) is 13.6. The Morgan fingerprint density at radius 2 is 0.736 bits per heavy atom. The zero-order chi connectivity index (χ0) is 81.3. The van der Waals surface area contributed by atoms with Gasteiger partial charge in [0, 0.05) is 61.4 Å². The summed E-state index contributed by atoms with van der Waals surface area (Å²) in [5.74, 6) is -4.18. The average molecular weight is 1560 g/mol. The molecule has 8 rings (SSSR count). The van der Waals surface area contributed by atoms with E-state index in [-0.39, 0.29) is 95.2 Å². The zero-order valence-electron chi connectivity index (χ0n) is 60.7. The van der Waals surface area contributed by atoms with Crippen LogP contribution >= 0.6 is 11.6 Å². The summed E-state index contributed by atoms with van der Waals surface area (Å²) in [7, 11) is 3.67. The molecule has 6 heterocycles. The number of aliphatic hydroxyl groups is 1. The number of benzene rings is 2. The van der Waals surface area contributed by atoms with Gasteiger partial charge >= 0.3 is 52.9 Å². The van der Waals surface area contributed by atoms with Crippen LogP contribution in [-0.2, 0) is 46.4 Å². The number of carboxylic acid groups (broad SMARTS) is 1. The van der Waals surface area contributed by atoms with Crippen LogP contribution in [0.1, 0.15) is 127 Å². The first-order chi connectivity index (χ1) is 52.8. The molecule has 0 aliphatic carbocycles. The van der Waals surface area contributed by atoms with Crippen molar-refractivity contribution >= 4 is 75.9 Å². The van der Waals surface area contributed by atoms with Gasteiger partial charge in [-0.05, 0) is 48.9 Å². The highest BCUT2D eigenvalue weighted by Crippen LogP contribution is 2.29. The Labute approximate surface area is 633 Å². The number of aliphatic hydroxyl groups excluding tert-OH is 1. The van der Waals surface area contributed by atoms with Crippen LogP contribution in [0.5, 0.6) is 35.1 Å². The number of carboxylic acids is 1. The maximum absolute atomic E-state index is 12.0. The van der Waals surface area contributed by atoms with Gasteiger partial charge in [-0.1, -0.05) is 100.0 Å². The molecule has 0 spiro atoms. The monoisotopic (exact) mass is 1560 g/mol. The quantitative estimate of drug-likeness (QED) is 0.00625. The van der Waals surface area contributed by atoms with E-state index in [0.717, 1.165) is 60.6 Å². The van der Waals surface area contributed by atoms with Crippen molar-refractivity contribution in [3.05, 3.63) is 214 Å². The van der Waals surface area contributed by atoms with Crippen molar-refractivity contribution < 1.29 is 116 Å². The summed E-state index contributed by atoms with van der Waals surface area (Å²) >= 11 is 5.43. The normalized spacial score (nSPS) is 10.0. The number of hydrogen-bond donors (Lipinski definition) is 5. The van der Waals surface area contributed by atoms with Crippen LogP contribution in [-0.4, -0.2) is 183 Å². The number of aromatic hydroxyl groups is 1. The molecule has 8 aromatic rings. The van der Waals surface area contributed by atoms with Crippen molar-refractivity contribution in [3.8, 4) is 35.1 Å². The van der Waals surface area contributed by atoms with E-state index in [0.29, 0.717) is 93.4 Å². The standard InChI is InChI=1S/C18H20N2O6.C18H22N2O4.C10H12N2O5.C10H14N2O3.C8H9NO5.C7H5ClN2O4/c1-2-8-25-17-16(20(22)23)11-15(12-19-17)18(21)26-10-9-24-13-14-6-4-3-5-7-14;1-2-8-23-17-16(19)11-15(12-20-17)18(21)24-10-9-22-13-14-6-4-3-5-7-14;1-3-4-17-9-8(12(14)15)5-7(6-11-9)10(13)16-2;1-3-4-15-9-8(11)5-7(6-12-9)10(13)14-2;10-1-2-14-7-6(11)3-5(4-9-7)8(12)13;1-14-7(11)4-2-5(10(12)13)6(8)9-3-4/h3-7,11-12H,2,8-10,13H2,1H3;3-7,11-12H,2,8-10,13,19H2,1H3;5-6H,3-4H2,1-2H3;5-6H,3-4,11H2,1-2H3;3-4,10-11H,1-2H2,(H,12,13);2-3H,1H3. The fraction of sp³-hybridized carbons (Fsp3) is 0.324. The Balaban J connectivity index is 0.000000348. The topological polar surface area (TPSA) is 533 Å². The van der Waals surface area contributed by atoms with Gasteiger partial charge in [-0.15, -0.1) is 0 Å². The molecule has 0 bridgehead atoms. The molecular weight excluding hydrogens is 1470 g/mol. The van der Waals surface area contributed by atoms with Gasteiger partial charge in [0.15, 0.2) is 5.75 Å². The fourth-order valence-corrected chi connectivity index (χ4v) is 7.88. The highest BCUT2D eigenvalue weighted by Gasteiger charge is 2.24. The lowest BCUT2D eigenvalue weighted by atomic mass is 10.2. The van der Waals surface area contributed by atoms with Crippen molar-refractivity contribution in [1.82, 2.24) is 29.9 Å². The molecule has 0 aliphatic heterocycles. The molecule has 38 nitrogen and oxygen atoms in total. The van der Waals surface area contributed by atoms with Gasteiger partial charge in [0.05, 0.1) is 140 Å². The van der Waals surface area contributed by atoms with E-state index < -0.39 is 56.3 Å². The van der Waals surface area contributed by atoms with E-state index in [1.165, 1.54) is 58.2 Å². The number of anilines is 2. The van der Waals surface area contributed by atoms with E-state index in [2.05, 4.69) is 44.1 Å². The lowest BCUT2D eigenvalue weighted by molar-refractivity contribution is -0.386. The lowest BCUT2D eigenvalue weighted by Crippen LogP contribution is -2.12. The molecule has 0 radical (unpaired) electrons. The van der Waals surface area contributed by atoms with Crippen LogP contribution in [0.15, 0.2) is 134 Å². The number of aromatic carboxylic acids is 1. The largest absolute Gasteiger partial charge is 0.503 e. The Morgan fingerprint density at radius 3 is 1.08 bits per heavy atom. The highest BCUT2D eigenvalue weighted by atomic mass is 35.5. The van der Waals surface area contributed by atoms with Crippen LogP contribution in [0.25, 0.3) is 0 Å². The van der Waals surface area contributed by atoms with E-state index >= 15 is 0 Å². The number of nitrogens with zero attached hydrogens (tertiary/aromatic N) is 9. The first-order valence-electron chi connectivity index (χ1n) is 32.9. The molecule has 0 fully saturated rings. The molecule has 110 heavy (non-hydrogen) atoms. The number of carbonyl (C=O) groups excluding carboxylic acids is 5. The number of halogens is 1. The number of nitro groups is 3. The third kappa shape index (κ3) is 33.2. The van der Waals surface area contributed by atoms with Gasteiger partial charge in [-0.25, -0.2) is 58.7 Å². The summed E-state index contributed by atoms with van der Waals surface area (Å²) in [6.45, 7) is 10.8. The van der Waals surface area contributed by atoms with Gasteiger partial charge in [0.25, 0.3) is 17.6 Å². The minimum atomic E-state index is -1.18. The van der Waals surface area contributed by atoms with Crippen molar-refractivity contribution in [2.24, 2.45) is 0 Å². The summed E-state index contributed by atoms with van der Waals surface area (Å²) in [6.07, 6.45) is 10.5. The number of ether oxygens (including phenoxy) is 12. The second kappa shape index (κ2) is 51.2. The average Bonchev–Trinajstić information content (AvgIpc) is 0.880. The molecule has 0 saturated heterocycles. The molecule has 0 unspecified atom stereocenters. The minimum absolute atomic E-state index is 0.00697. The number of nitrogen functional groups attached to an aromatic ring is 2. The molecule has 0 atom stereocenters. The van der Waals surface area contributed by atoms with E-state index in [4.69, 9.17) is 75.9 Å². The lowest BCUT2D eigenvalue weighted by Gasteiger charge is -2.09. The maximum atomic E-state index is 12.0. The molecule has 0 saturated carbocycles. The fourth-order valence-electron chi connectivity index (χ4n) is 7.71. The first kappa shape index (κ1) is 91.1. The number of rotatable bonds is 34. The van der Waals surface area contributed by atoms with Crippen molar-refractivity contribution in [2.75, 3.05) is 98.9 Å². The molecule has 39 heteroatoms. The number of aromatic nitrogens is 6. The second-order valence-corrected chi connectivity index (χ2v) is 21.6. The number of nitrogens with two attached hydrogens (primary N) is 2. The molecule has 7 N–H and O–H groups in total. The molecule has 590 valence electrons. The van der Waals surface area contributed by atoms with E-state index in [9.17, 15) is 64.2 Å². The number of esters is 5. The minimum Gasteiger partial charge on any atom is -0.503 e. The van der Waals surface area contributed by atoms with Crippen LogP contribution in [0.3, 0.4) is 0 Å². The first-order valence-corrected chi connectivity index (χ1v) is 33.3. The van der Waals surface area contributed by atoms with Gasteiger partial charge in [0.1, 0.15) is 19.8 Å². The molecule has 2 aromatic carbocycles. The smallest absolute Gasteiger partial charge is 0.340 e. The third-order valence-corrected chi connectivity index (χ3v) is 13.2. The van der Waals surface area contributed by atoms with Crippen molar-refractivity contribution in [1.29, 1.82) is 0 Å². The van der Waals surface area contributed by atoms with Crippen LogP contribution in [0.4, 0.5) is 28.4 Å². The Hall–Kier alpha value is -13.1. The maximum Gasteiger partial charge on any atom is 0.340 e. The van der Waals surface area contributed by atoms with Gasteiger partial charge in [-0.3, -0.25) is 30.3 Å². The molecular formula is C71H82ClN11O27. The molecule has 0 aliphatic rings. The predicted molar refractivity (Wildman–Crippen MR) is 390 cm³/mol. The molecule has 6 aromatic heterocycles. The Morgan fingerprint density at radius 1 is 0.418 bits per heavy atom. The summed E-state index contributed by atoms with van der Waals surface area (Å²) in [5, 5.41) is 58.3.